The first kappa shape index (κ1) is 10.9. The average Bonchev–Trinajstić information content (AvgIpc) is 2.55. The first-order valence-corrected chi connectivity index (χ1v) is 5.90. The lowest BCUT2D eigenvalue weighted by Crippen LogP contribution is -2.33. The molecule has 2 N–H and O–H groups in total. The van der Waals surface area contributed by atoms with Crippen LogP contribution in [0.1, 0.15) is 19.8 Å². The molecule has 1 heterocycles. The van der Waals surface area contributed by atoms with Crippen LogP contribution in [0.4, 0.5) is 0 Å². The Balaban J connectivity index is 1.86. The lowest BCUT2D eigenvalue weighted by atomic mass is 10.2. The maximum Gasteiger partial charge on any atom is 0.216 e. The molecule has 1 atom stereocenters. The van der Waals surface area contributed by atoms with Gasteiger partial charge in [-0.25, -0.2) is 0 Å². The second kappa shape index (κ2) is 6.27. The third-order valence-electron chi connectivity index (χ3n) is 2.07. The first-order chi connectivity index (χ1) is 6.29. The van der Waals surface area contributed by atoms with E-state index in [1.54, 1.807) is 6.92 Å². The Labute approximate surface area is 84.0 Å². The van der Waals surface area contributed by atoms with Crippen LogP contribution in [-0.4, -0.2) is 36.5 Å². The minimum Gasteiger partial charge on any atom is -0.355 e. The molecule has 0 bridgehead atoms. The van der Waals surface area contributed by atoms with Crippen LogP contribution in [0, 0.1) is 0 Å². The standard InChI is InChI=1S/C9H18N2OS/c1-8(12)11-5-4-10-7-9-3-2-6-13-9/h9-10H,2-7H2,1H3,(H,11,12). The van der Waals surface area contributed by atoms with Crippen LogP contribution >= 0.6 is 11.8 Å². The van der Waals surface area contributed by atoms with Gasteiger partial charge in [-0.2, -0.15) is 11.8 Å². The summed E-state index contributed by atoms with van der Waals surface area (Å²) in [5, 5.41) is 6.91. The highest BCUT2D eigenvalue weighted by Crippen LogP contribution is 2.24. The van der Waals surface area contributed by atoms with Crippen LogP contribution in [0.5, 0.6) is 0 Å². The molecule has 0 aliphatic carbocycles. The van der Waals surface area contributed by atoms with Gasteiger partial charge in [-0.1, -0.05) is 0 Å². The van der Waals surface area contributed by atoms with Crippen LogP contribution in [0.15, 0.2) is 0 Å². The van der Waals surface area contributed by atoms with E-state index in [0.717, 1.165) is 24.9 Å². The molecule has 76 valence electrons. The molecule has 1 fully saturated rings. The number of hydrogen-bond acceptors (Lipinski definition) is 3. The Kier molecular flexibility index (Phi) is 5.23. The Morgan fingerprint density at radius 3 is 3.00 bits per heavy atom. The highest BCUT2D eigenvalue weighted by molar-refractivity contribution is 8.00. The fourth-order valence-electron chi connectivity index (χ4n) is 1.40. The second-order valence-electron chi connectivity index (χ2n) is 3.32. The third-order valence-corrected chi connectivity index (χ3v) is 3.47. The van der Waals surface area contributed by atoms with Crippen molar-refractivity contribution in [3.63, 3.8) is 0 Å². The number of nitrogens with one attached hydrogen (secondary N) is 2. The summed E-state index contributed by atoms with van der Waals surface area (Å²) in [6.45, 7) is 4.26. The van der Waals surface area contributed by atoms with Crippen molar-refractivity contribution in [2.24, 2.45) is 0 Å². The molecule has 0 aromatic carbocycles. The van der Waals surface area contributed by atoms with E-state index < -0.39 is 0 Å². The minimum absolute atomic E-state index is 0.0528. The van der Waals surface area contributed by atoms with Gasteiger partial charge in [0.1, 0.15) is 0 Å². The smallest absolute Gasteiger partial charge is 0.216 e. The van der Waals surface area contributed by atoms with E-state index in [1.165, 1.54) is 18.6 Å². The van der Waals surface area contributed by atoms with Gasteiger partial charge in [-0.3, -0.25) is 4.79 Å². The minimum atomic E-state index is 0.0528. The van der Waals surface area contributed by atoms with Gasteiger partial charge >= 0.3 is 0 Å². The van der Waals surface area contributed by atoms with Crippen molar-refractivity contribution in [1.82, 2.24) is 10.6 Å². The number of thioether (sulfide) groups is 1. The third kappa shape index (κ3) is 5.16. The van der Waals surface area contributed by atoms with Crippen molar-refractivity contribution in [2.45, 2.75) is 25.0 Å². The summed E-state index contributed by atoms with van der Waals surface area (Å²) in [6, 6.07) is 0. The normalized spacial score (nSPS) is 21.8. The molecule has 0 aromatic heterocycles. The Morgan fingerprint density at radius 2 is 2.38 bits per heavy atom. The molecule has 0 saturated carbocycles. The molecular weight excluding hydrogens is 184 g/mol. The van der Waals surface area contributed by atoms with E-state index in [0.29, 0.717) is 0 Å². The molecule has 3 nitrogen and oxygen atoms in total. The maximum absolute atomic E-state index is 10.5. The summed E-state index contributed by atoms with van der Waals surface area (Å²) in [5.41, 5.74) is 0. The van der Waals surface area contributed by atoms with Gasteiger partial charge < -0.3 is 10.6 Å². The van der Waals surface area contributed by atoms with Gasteiger partial charge in [0.05, 0.1) is 0 Å². The quantitative estimate of drug-likeness (QED) is 0.642. The van der Waals surface area contributed by atoms with E-state index in [2.05, 4.69) is 22.4 Å². The molecule has 4 heteroatoms. The lowest BCUT2D eigenvalue weighted by molar-refractivity contribution is -0.118. The summed E-state index contributed by atoms with van der Waals surface area (Å²) >= 11 is 2.06. The van der Waals surface area contributed by atoms with Crippen LogP contribution in [0.3, 0.4) is 0 Å². The predicted octanol–water partition coefficient (Wildman–Crippen LogP) is 0.608. The highest BCUT2D eigenvalue weighted by atomic mass is 32.2. The molecule has 1 saturated heterocycles. The Morgan fingerprint density at radius 1 is 1.54 bits per heavy atom. The number of amides is 1. The van der Waals surface area contributed by atoms with Gasteiger partial charge in [0, 0.05) is 31.8 Å². The lowest BCUT2D eigenvalue weighted by Gasteiger charge is -2.09. The zero-order valence-corrected chi connectivity index (χ0v) is 8.95. The van der Waals surface area contributed by atoms with Gasteiger partial charge in [-0.05, 0) is 18.6 Å². The van der Waals surface area contributed by atoms with Crippen molar-refractivity contribution >= 4 is 17.7 Å². The zero-order chi connectivity index (χ0) is 9.52. The van der Waals surface area contributed by atoms with Gasteiger partial charge in [0.25, 0.3) is 0 Å². The van der Waals surface area contributed by atoms with E-state index in [-0.39, 0.29) is 5.91 Å². The largest absolute Gasteiger partial charge is 0.355 e. The highest BCUT2D eigenvalue weighted by Gasteiger charge is 2.14. The fraction of sp³-hybridized carbons (Fsp3) is 0.889. The van der Waals surface area contributed by atoms with Crippen LogP contribution in [0.25, 0.3) is 0 Å². The molecule has 1 unspecified atom stereocenters. The summed E-state index contributed by atoms with van der Waals surface area (Å²) in [7, 11) is 0. The van der Waals surface area contributed by atoms with Gasteiger partial charge in [0.2, 0.25) is 5.91 Å². The zero-order valence-electron chi connectivity index (χ0n) is 8.14. The Hall–Kier alpha value is -0.220. The maximum atomic E-state index is 10.5. The molecule has 1 aliphatic rings. The molecule has 1 amide bonds. The number of rotatable bonds is 5. The van der Waals surface area contributed by atoms with Crippen molar-refractivity contribution in [2.75, 3.05) is 25.4 Å². The second-order valence-corrected chi connectivity index (χ2v) is 4.73. The van der Waals surface area contributed by atoms with E-state index in [1.807, 2.05) is 0 Å². The summed E-state index contributed by atoms with van der Waals surface area (Å²) in [4.78, 5) is 10.5. The summed E-state index contributed by atoms with van der Waals surface area (Å²) < 4.78 is 0. The van der Waals surface area contributed by atoms with Gasteiger partial charge in [0.15, 0.2) is 0 Å². The fourth-order valence-corrected chi connectivity index (χ4v) is 2.63. The first-order valence-electron chi connectivity index (χ1n) is 4.86. The summed E-state index contributed by atoms with van der Waals surface area (Å²) in [5.74, 6) is 1.37. The monoisotopic (exact) mass is 202 g/mol. The van der Waals surface area contributed by atoms with Gasteiger partial charge in [-0.15, -0.1) is 0 Å². The molecule has 1 aliphatic heterocycles. The van der Waals surface area contributed by atoms with Crippen molar-refractivity contribution in [3.8, 4) is 0 Å². The van der Waals surface area contributed by atoms with Crippen molar-refractivity contribution in [3.05, 3.63) is 0 Å². The average molecular weight is 202 g/mol. The molecule has 0 spiro atoms. The van der Waals surface area contributed by atoms with Crippen LogP contribution in [-0.2, 0) is 4.79 Å². The van der Waals surface area contributed by atoms with E-state index in [4.69, 9.17) is 0 Å². The van der Waals surface area contributed by atoms with E-state index >= 15 is 0 Å². The number of carbonyl (C=O) groups is 1. The van der Waals surface area contributed by atoms with Crippen molar-refractivity contribution in [1.29, 1.82) is 0 Å². The molecule has 0 aromatic rings. The SMILES string of the molecule is CC(=O)NCCNCC1CCCS1. The van der Waals surface area contributed by atoms with Crippen LogP contribution < -0.4 is 10.6 Å². The summed E-state index contributed by atoms with van der Waals surface area (Å²) in [6.07, 6.45) is 2.71. The van der Waals surface area contributed by atoms with E-state index in [9.17, 15) is 4.79 Å². The number of hydrogen-bond donors (Lipinski definition) is 2. The van der Waals surface area contributed by atoms with Crippen LogP contribution in [0.2, 0.25) is 0 Å². The topological polar surface area (TPSA) is 41.1 Å². The van der Waals surface area contributed by atoms with Crippen molar-refractivity contribution < 1.29 is 4.79 Å². The predicted molar refractivity (Wildman–Crippen MR) is 57.0 cm³/mol. The number of carbonyl (C=O) groups excluding carboxylic acids is 1. The molecular formula is C9H18N2OS. The molecule has 13 heavy (non-hydrogen) atoms. The molecule has 1 rings (SSSR count). The molecule has 0 radical (unpaired) electrons. The Bertz CT molecular complexity index is 158.